The second kappa shape index (κ2) is 12.0. The van der Waals surface area contributed by atoms with Crippen molar-refractivity contribution in [3.63, 3.8) is 0 Å². The van der Waals surface area contributed by atoms with Crippen molar-refractivity contribution < 1.29 is 45.3 Å². The van der Waals surface area contributed by atoms with Crippen LogP contribution in [0.15, 0.2) is 23.1 Å². The van der Waals surface area contributed by atoms with E-state index >= 15 is 8.78 Å². The zero-order valence-corrected chi connectivity index (χ0v) is 26.7. The minimum Gasteiger partial charge on any atom is -0.376 e. The highest BCUT2D eigenvalue weighted by Crippen LogP contribution is 2.44. The number of carbonyl (C=O) groups excluding carboxylic acids is 2. The van der Waals surface area contributed by atoms with Crippen molar-refractivity contribution in [2.75, 3.05) is 6.61 Å². The molecule has 12 nitrogen and oxygen atoms in total. The van der Waals surface area contributed by atoms with E-state index in [4.69, 9.17) is 4.74 Å². The third-order valence-corrected chi connectivity index (χ3v) is 9.64. The first kappa shape index (κ1) is 34.2. The van der Waals surface area contributed by atoms with Crippen LogP contribution in [-0.4, -0.2) is 108 Å². The molecule has 1 saturated heterocycles. The maximum Gasteiger partial charge on any atom is 0.316 e. The van der Waals surface area contributed by atoms with E-state index in [1.54, 1.807) is 6.07 Å². The van der Waals surface area contributed by atoms with Gasteiger partial charge in [0.25, 0.3) is 18.3 Å². The molecule has 3 aromatic heterocycles. The fraction of sp³-hybridized carbons (Fsp3) is 0.615. The molecule has 22 heteroatoms. The molecule has 2 atom stereocenters. The van der Waals surface area contributed by atoms with Crippen molar-refractivity contribution in [3.8, 4) is 0 Å². The van der Waals surface area contributed by atoms with Crippen LogP contribution >= 0.6 is 0 Å². The Bertz CT molecular complexity index is 1700. The molecule has 3 fully saturated rings. The van der Waals surface area contributed by atoms with Gasteiger partial charge >= 0.3 is 6.03 Å². The first-order valence-electron chi connectivity index (χ1n) is 15.7. The molecule has 0 radical (unpaired) electrons. The van der Waals surface area contributed by atoms with Crippen molar-refractivity contribution in [3.05, 3.63) is 41.1 Å². The molecule has 3 aliphatic rings. The summed E-state index contributed by atoms with van der Waals surface area (Å²) in [7, 11) is 5.11. The molecule has 254 valence electrons. The Morgan fingerprint density at radius 1 is 1.10 bits per heavy atom. The van der Waals surface area contributed by atoms with Crippen LogP contribution in [0.2, 0.25) is 0 Å². The molecule has 3 aromatic rings. The van der Waals surface area contributed by atoms with Crippen LogP contribution in [0.5, 0.6) is 0 Å². The lowest BCUT2D eigenvalue weighted by atomic mass is 9.43. The predicted molar refractivity (Wildman–Crippen MR) is 166 cm³/mol. The number of carbonyl (C=O) groups is 2. The van der Waals surface area contributed by atoms with Crippen molar-refractivity contribution in [2.45, 2.75) is 85.7 Å². The van der Waals surface area contributed by atoms with E-state index in [1.165, 1.54) is 48.3 Å². The summed E-state index contributed by atoms with van der Waals surface area (Å²) in [4.78, 5) is 32.2. The van der Waals surface area contributed by atoms with Crippen molar-refractivity contribution in [1.29, 1.82) is 0 Å². The number of hydrogen-bond acceptors (Lipinski definition) is 8. The molecule has 2 saturated carbocycles. The number of imidazole rings is 1. The predicted octanol–water partition coefficient (Wildman–Crippen LogP) is 0.0671. The van der Waals surface area contributed by atoms with Crippen LogP contribution in [0.25, 0.3) is 5.65 Å². The van der Waals surface area contributed by atoms with Gasteiger partial charge in [0.15, 0.2) is 11.3 Å². The number of nitrogens with one attached hydrogen (secondary N) is 2. The fourth-order valence-corrected chi connectivity index (χ4v) is 6.67. The summed E-state index contributed by atoms with van der Waals surface area (Å²) in [6, 6.07) is -1.21. The minimum atomic E-state index is -3.38. The lowest BCUT2D eigenvalue weighted by molar-refractivity contribution is -0.109. The number of rotatable bonds is 10. The van der Waals surface area contributed by atoms with Gasteiger partial charge in [0.1, 0.15) is 31.4 Å². The van der Waals surface area contributed by atoms with Crippen molar-refractivity contribution in [2.24, 2.45) is 5.92 Å². The number of fused-ring (bicyclic) bond motifs is 1. The van der Waals surface area contributed by atoms with Gasteiger partial charge in [-0.25, -0.2) is 45.3 Å². The van der Waals surface area contributed by atoms with Gasteiger partial charge < -0.3 is 20.3 Å². The van der Waals surface area contributed by atoms with E-state index < -0.39 is 83.1 Å². The monoisotopic (exact) mass is 678 g/mol. The number of halogens is 6. The summed E-state index contributed by atoms with van der Waals surface area (Å²) in [5.41, 5.74) is -0.999. The Hall–Kier alpha value is -3.70. The molecular formula is C26H32B4F6N8O4. The lowest BCUT2D eigenvalue weighted by Gasteiger charge is -2.57. The molecule has 6 rings (SSSR count). The highest BCUT2D eigenvalue weighted by molar-refractivity contribution is 6.48. The van der Waals surface area contributed by atoms with Gasteiger partial charge in [-0.1, -0.05) is 0 Å². The topological polar surface area (TPSA) is 140 Å². The SMILES string of the molecule is BC1(B)NC(=O)N(C(COC2CC2)c2cnn3cc(C(NC(=O)c4nonc4C(F)F)C4CCC(F)(F)CC4)nc3c2)C(B)(B)C1(F)F. The van der Waals surface area contributed by atoms with Gasteiger partial charge in [0.2, 0.25) is 11.6 Å². The van der Waals surface area contributed by atoms with E-state index in [2.05, 4.69) is 35.7 Å². The van der Waals surface area contributed by atoms with E-state index in [9.17, 15) is 27.2 Å². The summed E-state index contributed by atoms with van der Waals surface area (Å²) in [5, 5.41) is 12.0. The van der Waals surface area contributed by atoms with Gasteiger partial charge in [-0.05, 0) is 48.0 Å². The number of urea groups is 1. The first-order valence-corrected chi connectivity index (χ1v) is 15.7. The van der Waals surface area contributed by atoms with Crippen molar-refractivity contribution >= 4 is 49.0 Å². The molecule has 4 heterocycles. The van der Waals surface area contributed by atoms with Crippen LogP contribution in [0.4, 0.5) is 31.1 Å². The average molecular weight is 678 g/mol. The number of hydrogen-bond donors (Lipinski definition) is 2. The second-order valence-corrected chi connectivity index (χ2v) is 13.8. The summed E-state index contributed by atoms with van der Waals surface area (Å²) >= 11 is 0. The standard InChI is InChI=1S/C26H32B4F6N8O4/c27-25(28)24(35,36)26(29,30)44(22(46)40-25)15(10-47-13-1-2-13)12-7-16-38-14(9-43(16)37-8-12)17(11-3-5-23(33,34)6-4-11)39-21(45)19-18(20(31)32)41-48-42-19/h7-9,11,13,15,17,20H,1-6,10,27-30H2,(H,39,45)(H,40,46). The molecule has 48 heavy (non-hydrogen) atoms. The van der Waals surface area contributed by atoms with Crippen LogP contribution in [-0.2, 0) is 4.74 Å². The van der Waals surface area contributed by atoms with Crippen LogP contribution < -0.4 is 10.6 Å². The molecule has 0 spiro atoms. The van der Waals surface area contributed by atoms with Crippen LogP contribution in [0.3, 0.4) is 0 Å². The highest BCUT2D eigenvalue weighted by Gasteiger charge is 2.65. The summed E-state index contributed by atoms with van der Waals surface area (Å²) in [6.45, 7) is -0.101. The van der Waals surface area contributed by atoms with E-state index in [1.807, 2.05) is 0 Å². The molecule has 0 aromatic carbocycles. The zero-order chi connectivity index (χ0) is 34.8. The number of alkyl halides is 6. The molecule has 2 N–H and O–H groups in total. The van der Waals surface area contributed by atoms with E-state index in [-0.39, 0.29) is 36.9 Å². The molecule has 1 aliphatic heterocycles. The maximum atomic E-state index is 15.8. The quantitative estimate of drug-likeness (QED) is 0.227. The fourth-order valence-electron chi connectivity index (χ4n) is 6.67. The molecule has 2 aliphatic carbocycles. The van der Waals surface area contributed by atoms with Gasteiger partial charge in [-0.2, -0.15) is 5.10 Å². The number of aromatic nitrogens is 5. The third kappa shape index (κ3) is 6.15. The summed E-state index contributed by atoms with van der Waals surface area (Å²) in [6.07, 6.45) is 0.314. The van der Waals surface area contributed by atoms with Gasteiger partial charge in [-0.3, -0.25) is 4.79 Å². The third-order valence-electron chi connectivity index (χ3n) is 9.64. The minimum absolute atomic E-state index is 0.00639. The molecule has 0 bridgehead atoms. The smallest absolute Gasteiger partial charge is 0.316 e. The summed E-state index contributed by atoms with van der Waals surface area (Å²) < 4.78 is 98.3. The van der Waals surface area contributed by atoms with Crippen molar-refractivity contribution in [1.82, 2.24) is 40.4 Å². The highest BCUT2D eigenvalue weighted by atomic mass is 19.3. The maximum absolute atomic E-state index is 15.8. The lowest BCUT2D eigenvalue weighted by Crippen LogP contribution is -2.83. The van der Waals surface area contributed by atoms with Gasteiger partial charge in [0.05, 0.1) is 42.9 Å². The van der Waals surface area contributed by atoms with Gasteiger partial charge in [0, 0.05) is 29.1 Å². The number of nitrogens with zero attached hydrogens (tertiary/aromatic N) is 6. The van der Waals surface area contributed by atoms with Gasteiger partial charge in [-0.15, -0.1) is 0 Å². The zero-order valence-electron chi connectivity index (χ0n) is 26.7. The van der Waals surface area contributed by atoms with Crippen LogP contribution in [0, 0.1) is 5.92 Å². The Labute approximate surface area is 274 Å². The average Bonchev–Trinajstić information content (AvgIpc) is 3.51. The number of ether oxygens (including phenoxy) is 1. The molecule has 2 unspecified atom stereocenters. The first-order chi connectivity index (χ1) is 22.4. The Morgan fingerprint density at radius 3 is 2.44 bits per heavy atom. The van der Waals surface area contributed by atoms with Crippen LogP contribution in [0.1, 0.15) is 84.5 Å². The number of amides is 3. The van der Waals surface area contributed by atoms with E-state index in [0.717, 1.165) is 17.7 Å². The largest absolute Gasteiger partial charge is 0.376 e. The summed E-state index contributed by atoms with van der Waals surface area (Å²) in [5.74, 6) is -7.89. The Morgan fingerprint density at radius 2 is 1.79 bits per heavy atom. The second-order valence-electron chi connectivity index (χ2n) is 13.8. The Kier molecular flexibility index (Phi) is 8.55. The molecule has 3 amide bonds. The normalized spacial score (nSPS) is 23.1. The van der Waals surface area contributed by atoms with E-state index in [0.29, 0.717) is 5.56 Å². The Balaban J connectivity index is 1.36. The molecular weight excluding hydrogens is 646 g/mol.